The van der Waals surface area contributed by atoms with Crippen LogP contribution < -0.4 is 0 Å². The Kier molecular flexibility index (Phi) is 5.39. The number of fused-ring (bicyclic) bond motifs is 5. The van der Waals surface area contributed by atoms with Gasteiger partial charge in [-0.05, 0) is 97.9 Å². The first kappa shape index (κ1) is 21.6. The fraction of sp³-hybridized carbons (Fsp3) is 0.800. The smallest absolute Gasteiger partial charge is 0.317 e. The molecule has 4 rings (SSSR count). The zero-order valence-corrected chi connectivity index (χ0v) is 18.5. The molecule has 0 bridgehead atoms. The second kappa shape index (κ2) is 7.49. The monoisotopic (exact) mass is 416 g/mol. The van der Waals surface area contributed by atoms with E-state index in [4.69, 9.17) is 0 Å². The summed E-state index contributed by atoms with van der Waals surface area (Å²) in [6.07, 6.45) is 10.6. The Balaban J connectivity index is 1.54. The van der Waals surface area contributed by atoms with Crippen molar-refractivity contribution in [1.82, 2.24) is 0 Å². The number of carboxylic acid groups (broad SMARTS) is 2. The molecule has 166 valence electrons. The molecule has 0 aromatic heterocycles. The molecule has 0 aromatic rings. The van der Waals surface area contributed by atoms with Gasteiger partial charge in [-0.2, -0.15) is 0 Å². The molecule has 0 radical (unpaired) electrons. The Hall–Kier alpha value is -1.65. The fourth-order valence-electron chi connectivity index (χ4n) is 8.38. The fourth-order valence-corrected chi connectivity index (χ4v) is 8.38. The van der Waals surface area contributed by atoms with Crippen molar-refractivity contribution in [3.63, 3.8) is 0 Å². The molecule has 0 aromatic carbocycles. The Bertz CT molecular complexity index is 770. The summed E-state index contributed by atoms with van der Waals surface area (Å²) in [6, 6.07) is 0. The van der Waals surface area contributed by atoms with E-state index >= 15 is 0 Å². The van der Waals surface area contributed by atoms with Crippen LogP contribution in [0.3, 0.4) is 0 Å². The number of hydrogen-bond donors (Lipinski definition) is 2. The molecule has 5 nitrogen and oxygen atoms in total. The van der Waals surface area contributed by atoms with Gasteiger partial charge >= 0.3 is 11.9 Å². The molecule has 2 N–H and O–H groups in total. The minimum Gasteiger partial charge on any atom is -0.481 e. The first-order valence-corrected chi connectivity index (χ1v) is 11.8. The quantitative estimate of drug-likeness (QED) is 0.619. The molecule has 0 heterocycles. The van der Waals surface area contributed by atoms with Crippen LogP contribution in [0.4, 0.5) is 0 Å². The van der Waals surface area contributed by atoms with Gasteiger partial charge in [0.15, 0.2) is 11.7 Å². The molecule has 5 heteroatoms. The summed E-state index contributed by atoms with van der Waals surface area (Å²) >= 11 is 0. The number of ketones is 1. The molecule has 3 fully saturated rings. The maximum atomic E-state index is 12.0. The summed E-state index contributed by atoms with van der Waals surface area (Å²) in [5.41, 5.74) is 1.72. The van der Waals surface area contributed by atoms with E-state index in [1.54, 1.807) is 0 Å². The summed E-state index contributed by atoms with van der Waals surface area (Å²) in [4.78, 5) is 34.8. The van der Waals surface area contributed by atoms with E-state index in [0.29, 0.717) is 35.9 Å². The molecular weight excluding hydrogens is 380 g/mol. The van der Waals surface area contributed by atoms with E-state index in [2.05, 4.69) is 20.8 Å². The highest BCUT2D eigenvalue weighted by Gasteiger charge is 2.59. The van der Waals surface area contributed by atoms with Gasteiger partial charge in [0, 0.05) is 6.42 Å². The third-order valence-electron chi connectivity index (χ3n) is 9.93. The van der Waals surface area contributed by atoms with E-state index in [9.17, 15) is 24.6 Å². The molecule has 0 saturated heterocycles. The van der Waals surface area contributed by atoms with Crippen molar-refractivity contribution in [1.29, 1.82) is 0 Å². The van der Waals surface area contributed by atoms with E-state index in [0.717, 1.165) is 32.1 Å². The van der Waals surface area contributed by atoms with Crippen molar-refractivity contribution in [3.05, 3.63) is 11.6 Å². The summed E-state index contributed by atoms with van der Waals surface area (Å²) in [5.74, 6) is -1.02. The molecule has 0 amide bonds. The van der Waals surface area contributed by atoms with Crippen LogP contribution in [-0.2, 0) is 14.4 Å². The average molecular weight is 417 g/mol. The number of rotatable bonds is 5. The summed E-state index contributed by atoms with van der Waals surface area (Å²) in [7, 11) is 0. The lowest BCUT2D eigenvalue weighted by atomic mass is 9.46. The number of carbonyl (C=O) groups excluding carboxylic acids is 1. The van der Waals surface area contributed by atoms with Gasteiger partial charge in [0.1, 0.15) is 0 Å². The first-order valence-electron chi connectivity index (χ1n) is 11.8. The van der Waals surface area contributed by atoms with Gasteiger partial charge in [-0.1, -0.05) is 26.3 Å². The minimum atomic E-state index is -1.31. The number of allylic oxidation sites excluding steroid dienone is 1. The zero-order chi connectivity index (χ0) is 21.8. The SMILES string of the molecule is C[C@H](CC(C(=O)O)C(=O)O)[C@H]1CC[C@H]2[C@@H]3CCC4=CC(=O)CC[C@]4(C)[C@H]3CC[C@]12C. The van der Waals surface area contributed by atoms with Crippen molar-refractivity contribution in [2.24, 2.45) is 46.3 Å². The molecule has 3 saturated carbocycles. The molecule has 4 aliphatic rings. The Morgan fingerprint density at radius 1 is 1.03 bits per heavy atom. The highest BCUT2D eigenvalue weighted by atomic mass is 16.4. The van der Waals surface area contributed by atoms with Gasteiger partial charge < -0.3 is 10.2 Å². The molecule has 0 unspecified atom stereocenters. The number of carboxylic acids is 2. The Morgan fingerprint density at radius 2 is 1.73 bits per heavy atom. The zero-order valence-electron chi connectivity index (χ0n) is 18.5. The molecule has 4 aliphatic carbocycles. The number of aliphatic carboxylic acids is 2. The third-order valence-corrected chi connectivity index (χ3v) is 9.93. The van der Waals surface area contributed by atoms with Gasteiger partial charge in [-0.3, -0.25) is 14.4 Å². The Morgan fingerprint density at radius 3 is 2.40 bits per heavy atom. The molecular formula is C25H36O5. The van der Waals surface area contributed by atoms with Crippen LogP contribution >= 0.6 is 0 Å². The van der Waals surface area contributed by atoms with Gasteiger partial charge in [0.2, 0.25) is 0 Å². The predicted molar refractivity (Wildman–Crippen MR) is 113 cm³/mol. The van der Waals surface area contributed by atoms with Crippen molar-refractivity contribution in [2.45, 2.75) is 78.6 Å². The van der Waals surface area contributed by atoms with Gasteiger partial charge in [0.25, 0.3) is 0 Å². The van der Waals surface area contributed by atoms with Crippen LogP contribution in [-0.4, -0.2) is 27.9 Å². The van der Waals surface area contributed by atoms with Crippen LogP contribution in [0.5, 0.6) is 0 Å². The molecule has 30 heavy (non-hydrogen) atoms. The first-order chi connectivity index (χ1) is 14.1. The van der Waals surface area contributed by atoms with E-state index in [1.807, 2.05) is 6.08 Å². The summed E-state index contributed by atoms with van der Waals surface area (Å²) in [5, 5.41) is 18.7. The van der Waals surface area contributed by atoms with Crippen LogP contribution in [0, 0.1) is 46.3 Å². The van der Waals surface area contributed by atoms with Crippen LogP contribution in [0.2, 0.25) is 0 Å². The van der Waals surface area contributed by atoms with Gasteiger partial charge in [-0.25, -0.2) is 0 Å². The lowest BCUT2D eigenvalue weighted by Crippen LogP contribution is -2.51. The predicted octanol–water partition coefficient (Wildman–Crippen LogP) is 4.95. The maximum Gasteiger partial charge on any atom is 0.317 e. The van der Waals surface area contributed by atoms with E-state index < -0.39 is 17.9 Å². The van der Waals surface area contributed by atoms with Crippen molar-refractivity contribution >= 4 is 17.7 Å². The normalized spacial score (nSPS) is 41.5. The Labute approximate surface area is 179 Å². The van der Waals surface area contributed by atoms with Crippen LogP contribution in [0.1, 0.15) is 78.6 Å². The van der Waals surface area contributed by atoms with Gasteiger partial charge in [-0.15, -0.1) is 0 Å². The van der Waals surface area contributed by atoms with Crippen LogP contribution in [0.25, 0.3) is 0 Å². The van der Waals surface area contributed by atoms with Crippen molar-refractivity contribution in [3.8, 4) is 0 Å². The summed E-state index contributed by atoms with van der Waals surface area (Å²) in [6.45, 7) is 6.86. The highest BCUT2D eigenvalue weighted by molar-refractivity contribution is 5.93. The minimum absolute atomic E-state index is 0.0932. The molecule has 0 spiro atoms. The second-order valence-electron chi connectivity index (χ2n) is 11.1. The maximum absolute atomic E-state index is 12.0. The van der Waals surface area contributed by atoms with Crippen LogP contribution in [0.15, 0.2) is 11.6 Å². The highest BCUT2D eigenvalue weighted by Crippen LogP contribution is 2.67. The third kappa shape index (κ3) is 3.23. The molecule has 7 atom stereocenters. The summed E-state index contributed by atoms with van der Waals surface area (Å²) < 4.78 is 0. The topological polar surface area (TPSA) is 91.7 Å². The lowest BCUT2D eigenvalue weighted by molar-refractivity contribution is -0.155. The van der Waals surface area contributed by atoms with Gasteiger partial charge in [0.05, 0.1) is 0 Å². The van der Waals surface area contributed by atoms with Crippen molar-refractivity contribution in [2.75, 3.05) is 0 Å². The number of carbonyl (C=O) groups is 3. The second-order valence-corrected chi connectivity index (χ2v) is 11.1. The van der Waals surface area contributed by atoms with E-state index in [-0.39, 0.29) is 23.2 Å². The lowest BCUT2D eigenvalue weighted by Gasteiger charge is -2.58. The standard InChI is InChI=1S/C25H36O5/c1-14(12-18(22(27)28)23(29)30)19-6-7-20-17-5-4-15-13-16(26)8-10-24(15,2)21(17)9-11-25(19,20)3/h13-14,17-21H,4-12H2,1-3H3,(H,27,28)(H,29,30)/t14-,17+,19-,20+,21+,24+,25-/m1/s1. The van der Waals surface area contributed by atoms with E-state index in [1.165, 1.54) is 18.4 Å². The van der Waals surface area contributed by atoms with Crippen molar-refractivity contribution < 1.29 is 24.6 Å². The largest absolute Gasteiger partial charge is 0.481 e. The number of hydrogen-bond acceptors (Lipinski definition) is 3. The average Bonchev–Trinajstić information content (AvgIpc) is 3.03. The molecule has 0 aliphatic heterocycles.